The fraction of sp³-hybridized carbons (Fsp3) is 0.118. The van der Waals surface area contributed by atoms with Gasteiger partial charge in [-0.15, -0.1) is 0 Å². The van der Waals surface area contributed by atoms with Crippen LogP contribution in [0.1, 0.15) is 11.1 Å². The second-order valence-corrected chi connectivity index (χ2v) is 7.02. The minimum atomic E-state index is -3.83. The van der Waals surface area contributed by atoms with E-state index < -0.39 is 15.9 Å². The quantitative estimate of drug-likeness (QED) is 0.811. The predicted molar refractivity (Wildman–Crippen MR) is 92.8 cm³/mol. The number of primary sulfonamides is 1. The van der Waals surface area contributed by atoms with Gasteiger partial charge in [0.25, 0.3) is 0 Å². The number of hydrogen-bond acceptors (Lipinski definition) is 5. The lowest BCUT2D eigenvalue weighted by Crippen LogP contribution is -2.14. The van der Waals surface area contributed by atoms with Crippen molar-refractivity contribution >= 4 is 27.7 Å². The summed E-state index contributed by atoms with van der Waals surface area (Å²) >= 11 is 0. The van der Waals surface area contributed by atoms with Crippen LogP contribution in [0.25, 0.3) is 6.08 Å². The molecule has 3 N–H and O–H groups in total. The fourth-order valence-corrected chi connectivity index (χ4v) is 2.82. The van der Waals surface area contributed by atoms with Gasteiger partial charge in [-0.25, -0.2) is 13.6 Å². The number of aryl methyl sites for hydroxylation is 1. The van der Waals surface area contributed by atoms with Crippen LogP contribution >= 0.6 is 0 Å². The lowest BCUT2D eigenvalue weighted by molar-refractivity contribution is -0.111. The van der Waals surface area contributed by atoms with Gasteiger partial charge in [-0.3, -0.25) is 4.79 Å². The largest absolute Gasteiger partial charge is 0.454 e. The monoisotopic (exact) mass is 360 g/mol. The molecule has 130 valence electrons. The number of hydrogen-bond donors (Lipinski definition) is 2. The van der Waals surface area contributed by atoms with Gasteiger partial charge in [-0.1, -0.05) is 12.1 Å². The molecule has 0 aliphatic carbocycles. The number of carbonyl (C=O) groups is 1. The Morgan fingerprint density at radius 2 is 1.92 bits per heavy atom. The van der Waals surface area contributed by atoms with E-state index in [2.05, 4.69) is 5.32 Å². The highest BCUT2D eigenvalue weighted by molar-refractivity contribution is 7.89. The van der Waals surface area contributed by atoms with E-state index in [0.717, 1.165) is 11.1 Å². The number of sulfonamides is 1. The minimum Gasteiger partial charge on any atom is -0.454 e. The highest BCUT2D eigenvalue weighted by atomic mass is 32.2. The molecule has 3 rings (SSSR count). The predicted octanol–water partition coefficient (Wildman–Crippen LogP) is 2.02. The number of carbonyl (C=O) groups excluding carboxylic acids is 1. The Hall–Kier alpha value is -2.84. The second kappa shape index (κ2) is 6.58. The molecule has 7 nitrogen and oxygen atoms in total. The molecule has 0 radical (unpaired) electrons. The fourth-order valence-electron chi connectivity index (χ4n) is 2.28. The summed E-state index contributed by atoms with van der Waals surface area (Å²) in [5.41, 5.74) is 1.87. The molecule has 1 aliphatic rings. The van der Waals surface area contributed by atoms with Crippen molar-refractivity contribution < 1.29 is 22.7 Å². The number of amides is 1. The first-order valence-corrected chi connectivity index (χ1v) is 8.90. The van der Waals surface area contributed by atoms with Crippen LogP contribution in [0.5, 0.6) is 11.5 Å². The van der Waals surface area contributed by atoms with E-state index in [1.54, 1.807) is 37.3 Å². The van der Waals surface area contributed by atoms with Crippen molar-refractivity contribution in [2.45, 2.75) is 11.8 Å². The number of anilines is 1. The highest BCUT2D eigenvalue weighted by Gasteiger charge is 2.13. The molecule has 2 aromatic carbocycles. The molecule has 0 spiro atoms. The Morgan fingerprint density at radius 3 is 2.68 bits per heavy atom. The maximum absolute atomic E-state index is 12.1. The normalized spacial score (nSPS) is 13.2. The summed E-state index contributed by atoms with van der Waals surface area (Å²) in [6.45, 7) is 1.94. The van der Waals surface area contributed by atoms with Crippen LogP contribution in [-0.4, -0.2) is 21.1 Å². The van der Waals surface area contributed by atoms with Crippen molar-refractivity contribution in [2.75, 3.05) is 12.1 Å². The zero-order chi connectivity index (χ0) is 18.0. The van der Waals surface area contributed by atoms with Crippen molar-refractivity contribution in [3.63, 3.8) is 0 Å². The van der Waals surface area contributed by atoms with Crippen molar-refractivity contribution in [1.29, 1.82) is 0 Å². The van der Waals surface area contributed by atoms with Crippen LogP contribution in [0.4, 0.5) is 5.69 Å². The molecule has 8 heteroatoms. The highest BCUT2D eigenvalue weighted by Crippen LogP contribution is 2.32. The lowest BCUT2D eigenvalue weighted by Gasteiger charge is -2.08. The van der Waals surface area contributed by atoms with Crippen LogP contribution in [-0.2, 0) is 14.8 Å². The molecule has 25 heavy (non-hydrogen) atoms. The summed E-state index contributed by atoms with van der Waals surface area (Å²) in [5, 5.41) is 7.75. The molecular formula is C17H16N2O5S. The van der Waals surface area contributed by atoms with E-state index in [1.165, 1.54) is 18.2 Å². The van der Waals surface area contributed by atoms with Crippen molar-refractivity contribution in [2.24, 2.45) is 5.14 Å². The molecule has 0 unspecified atom stereocenters. The number of benzene rings is 2. The van der Waals surface area contributed by atoms with Gasteiger partial charge < -0.3 is 14.8 Å². The average molecular weight is 360 g/mol. The molecule has 0 atom stereocenters. The van der Waals surface area contributed by atoms with Gasteiger partial charge in [0.2, 0.25) is 22.7 Å². The van der Waals surface area contributed by atoms with Gasteiger partial charge in [0.1, 0.15) is 0 Å². The molecule has 1 amide bonds. The first-order chi connectivity index (χ1) is 11.8. The smallest absolute Gasteiger partial charge is 0.248 e. The molecule has 1 aliphatic heterocycles. The van der Waals surface area contributed by atoms with Gasteiger partial charge in [0.05, 0.1) is 4.90 Å². The zero-order valence-electron chi connectivity index (χ0n) is 13.4. The van der Waals surface area contributed by atoms with Crippen LogP contribution in [0.2, 0.25) is 0 Å². The molecule has 0 aromatic heterocycles. The number of nitrogens with one attached hydrogen (secondary N) is 1. The Bertz CT molecular complexity index is 967. The van der Waals surface area contributed by atoms with Crippen LogP contribution < -0.4 is 19.9 Å². The van der Waals surface area contributed by atoms with E-state index >= 15 is 0 Å². The maximum Gasteiger partial charge on any atom is 0.248 e. The van der Waals surface area contributed by atoms with Crippen molar-refractivity contribution in [3.05, 3.63) is 53.6 Å². The molecule has 2 aromatic rings. The zero-order valence-corrected chi connectivity index (χ0v) is 14.2. The minimum absolute atomic E-state index is 0.0619. The number of fused-ring (bicyclic) bond motifs is 1. The van der Waals surface area contributed by atoms with E-state index in [1.807, 2.05) is 0 Å². The van der Waals surface area contributed by atoms with Gasteiger partial charge >= 0.3 is 0 Å². The third-order valence-electron chi connectivity index (χ3n) is 3.62. The molecule has 1 heterocycles. The summed E-state index contributed by atoms with van der Waals surface area (Å²) in [5.74, 6) is 0.892. The van der Waals surface area contributed by atoms with E-state index in [-0.39, 0.29) is 11.7 Å². The van der Waals surface area contributed by atoms with Gasteiger partial charge in [0.15, 0.2) is 11.5 Å². The molecule has 0 saturated carbocycles. The molecule has 0 saturated heterocycles. The number of nitrogens with two attached hydrogens (primary N) is 1. The number of ether oxygens (including phenoxy) is 2. The molecule has 0 bridgehead atoms. The Morgan fingerprint density at radius 1 is 1.16 bits per heavy atom. The summed E-state index contributed by atoms with van der Waals surface area (Å²) in [6.07, 6.45) is 2.97. The summed E-state index contributed by atoms with van der Waals surface area (Å²) < 4.78 is 33.3. The van der Waals surface area contributed by atoms with Crippen LogP contribution in [0.15, 0.2) is 47.4 Å². The molecule has 0 fully saturated rings. The van der Waals surface area contributed by atoms with Gasteiger partial charge in [0, 0.05) is 11.8 Å². The topological polar surface area (TPSA) is 108 Å². The number of rotatable bonds is 4. The van der Waals surface area contributed by atoms with Crippen molar-refractivity contribution in [1.82, 2.24) is 0 Å². The Balaban J connectivity index is 1.74. The van der Waals surface area contributed by atoms with Crippen molar-refractivity contribution in [3.8, 4) is 11.5 Å². The summed E-state index contributed by atoms with van der Waals surface area (Å²) in [4.78, 5) is 12.0. The maximum atomic E-state index is 12.1. The standard InChI is InChI=1S/C17H16N2O5S/c1-11-2-5-13(25(18,21)22)9-14(11)19-17(20)7-4-12-3-6-15-16(8-12)24-10-23-15/h2-9H,10H2,1H3,(H,19,20)(H2,18,21,22)/b7-4+. The molecular weight excluding hydrogens is 344 g/mol. The summed E-state index contributed by atoms with van der Waals surface area (Å²) in [7, 11) is -3.83. The van der Waals surface area contributed by atoms with E-state index in [4.69, 9.17) is 14.6 Å². The van der Waals surface area contributed by atoms with Gasteiger partial charge in [-0.2, -0.15) is 0 Å². The lowest BCUT2D eigenvalue weighted by atomic mass is 10.2. The average Bonchev–Trinajstić information content (AvgIpc) is 3.01. The van der Waals surface area contributed by atoms with E-state index in [0.29, 0.717) is 17.2 Å². The Kier molecular flexibility index (Phi) is 4.47. The SMILES string of the molecule is Cc1ccc(S(N)(=O)=O)cc1NC(=O)/C=C/c1ccc2c(c1)OCO2. The van der Waals surface area contributed by atoms with Gasteiger partial charge in [-0.05, 0) is 48.4 Å². The van der Waals surface area contributed by atoms with E-state index in [9.17, 15) is 13.2 Å². The second-order valence-electron chi connectivity index (χ2n) is 5.46. The first kappa shape index (κ1) is 17.0. The third kappa shape index (κ3) is 3.98. The Labute approximate surface area is 145 Å². The van der Waals surface area contributed by atoms with Crippen LogP contribution in [0, 0.1) is 6.92 Å². The first-order valence-electron chi connectivity index (χ1n) is 7.35. The summed E-state index contributed by atoms with van der Waals surface area (Å²) in [6, 6.07) is 9.62. The third-order valence-corrected chi connectivity index (χ3v) is 4.53. The van der Waals surface area contributed by atoms with Crippen LogP contribution in [0.3, 0.4) is 0 Å².